The third-order valence-corrected chi connectivity index (χ3v) is 7.95. The number of nitrogens with zero attached hydrogens (tertiary/aromatic N) is 4. The molecule has 1 N–H and O–H groups in total. The lowest BCUT2D eigenvalue weighted by Gasteiger charge is -2.34. The van der Waals surface area contributed by atoms with E-state index in [1.54, 1.807) is 6.33 Å². The fourth-order valence-corrected chi connectivity index (χ4v) is 5.60. The Morgan fingerprint density at radius 3 is 2.32 bits per heavy atom. The van der Waals surface area contributed by atoms with Crippen molar-refractivity contribution >= 4 is 33.8 Å². The Bertz CT molecular complexity index is 1200. The van der Waals surface area contributed by atoms with Crippen molar-refractivity contribution in [3.8, 4) is 0 Å². The van der Waals surface area contributed by atoms with E-state index in [0.717, 1.165) is 46.7 Å². The van der Waals surface area contributed by atoms with Gasteiger partial charge in [-0.2, -0.15) is 0 Å². The molecule has 6 rings (SSSR count). The van der Waals surface area contributed by atoms with Crippen LogP contribution in [-0.2, 0) is 0 Å². The summed E-state index contributed by atoms with van der Waals surface area (Å²) >= 11 is 0. The van der Waals surface area contributed by atoms with Crippen molar-refractivity contribution in [2.45, 2.75) is 51.4 Å². The fourth-order valence-electron chi connectivity index (χ4n) is 5.60. The van der Waals surface area contributed by atoms with Crippen molar-refractivity contribution in [3.05, 3.63) is 48.3 Å². The van der Waals surface area contributed by atoms with Crippen LogP contribution in [0.4, 0.5) is 31.7 Å². The molecule has 0 bridgehead atoms. The van der Waals surface area contributed by atoms with E-state index in [9.17, 15) is 8.78 Å². The Labute approximate surface area is 199 Å². The summed E-state index contributed by atoms with van der Waals surface area (Å²) in [5.74, 6) is -1.76. The molecule has 1 spiro atoms. The zero-order valence-corrected chi connectivity index (χ0v) is 19.7. The standard InChI is InChI=1S/C27H31F2N5/c1-19-15-20(17-21(16-19)33-13-9-27(28,29)10-14-33)32-25-24-22(30-18-31-25)3-2-4-23(24)34-11-7-26(5-6-26)8-12-34/h2-4,15-18H,5-14H2,1H3,(H,30,31,32). The average Bonchev–Trinajstić information content (AvgIpc) is 3.58. The van der Waals surface area contributed by atoms with Gasteiger partial charge in [-0.3, -0.25) is 0 Å². The Hall–Kier alpha value is -2.96. The highest BCUT2D eigenvalue weighted by Crippen LogP contribution is 2.54. The van der Waals surface area contributed by atoms with Gasteiger partial charge in [0, 0.05) is 56.1 Å². The zero-order valence-electron chi connectivity index (χ0n) is 19.7. The first kappa shape index (κ1) is 21.6. The number of hydrogen-bond donors (Lipinski definition) is 1. The maximum Gasteiger partial charge on any atom is 0.251 e. The Morgan fingerprint density at radius 1 is 0.853 bits per heavy atom. The number of aromatic nitrogens is 2. The van der Waals surface area contributed by atoms with Gasteiger partial charge in [0.25, 0.3) is 5.92 Å². The smallest absolute Gasteiger partial charge is 0.251 e. The first-order chi connectivity index (χ1) is 16.4. The number of benzene rings is 2. The second-order valence-corrected chi connectivity index (χ2v) is 10.4. The van der Waals surface area contributed by atoms with Crippen LogP contribution in [0.15, 0.2) is 42.7 Å². The molecule has 178 valence electrons. The lowest BCUT2D eigenvalue weighted by atomic mass is 9.93. The van der Waals surface area contributed by atoms with Gasteiger partial charge in [0.05, 0.1) is 10.9 Å². The first-order valence-electron chi connectivity index (χ1n) is 12.4. The first-order valence-corrected chi connectivity index (χ1v) is 12.4. The minimum Gasteiger partial charge on any atom is -0.371 e. The molecule has 7 heteroatoms. The van der Waals surface area contributed by atoms with Crippen LogP contribution < -0.4 is 15.1 Å². The van der Waals surface area contributed by atoms with Gasteiger partial charge in [-0.15, -0.1) is 0 Å². The highest BCUT2D eigenvalue weighted by atomic mass is 19.3. The van der Waals surface area contributed by atoms with Crippen LogP contribution in [0.1, 0.15) is 44.1 Å². The minimum absolute atomic E-state index is 0.0965. The van der Waals surface area contributed by atoms with Gasteiger partial charge in [0.2, 0.25) is 0 Å². The molecule has 3 heterocycles. The number of rotatable bonds is 4. The highest BCUT2D eigenvalue weighted by molar-refractivity contribution is 6.01. The molecule has 2 aromatic carbocycles. The van der Waals surface area contributed by atoms with Gasteiger partial charge in [-0.25, -0.2) is 18.7 Å². The number of hydrogen-bond acceptors (Lipinski definition) is 5. The molecule has 1 saturated carbocycles. The van der Waals surface area contributed by atoms with Crippen LogP contribution in [0.3, 0.4) is 0 Å². The summed E-state index contributed by atoms with van der Waals surface area (Å²) in [6.45, 7) is 4.92. The molecule has 3 aromatic rings. The molecule has 1 aliphatic carbocycles. The third-order valence-electron chi connectivity index (χ3n) is 7.95. The number of alkyl halides is 2. The molecule has 34 heavy (non-hydrogen) atoms. The predicted molar refractivity (Wildman–Crippen MR) is 134 cm³/mol. The highest BCUT2D eigenvalue weighted by Gasteiger charge is 2.44. The van der Waals surface area contributed by atoms with E-state index in [1.807, 2.05) is 19.1 Å². The normalized spacial score (nSPS) is 21.1. The molecule has 0 amide bonds. The van der Waals surface area contributed by atoms with Crippen LogP contribution in [-0.4, -0.2) is 42.1 Å². The Balaban J connectivity index is 1.31. The van der Waals surface area contributed by atoms with Gasteiger partial charge < -0.3 is 15.1 Å². The van der Waals surface area contributed by atoms with E-state index in [4.69, 9.17) is 0 Å². The van der Waals surface area contributed by atoms with Gasteiger partial charge in [-0.1, -0.05) is 6.07 Å². The second-order valence-electron chi connectivity index (χ2n) is 10.4. The zero-order chi connectivity index (χ0) is 23.3. The summed E-state index contributed by atoms with van der Waals surface area (Å²) in [5.41, 5.74) is 5.70. The monoisotopic (exact) mass is 463 g/mol. The van der Waals surface area contributed by atoms with E-state index in [1.165, 1.54) is 31.4 Å². The lowest BCUT2D eigenvalue weighted by molar-refractivity contribution is -0.0220. The summed E-state index contributed by atoms with van der Waals surface area (Å²) in [7, 11) is 0. The summed E-state index contributed by atoms with van der Waals surface area (Å²) in [5, 5.41) is 4.58. The topological polar surface area (TPSA) is 44.3 Å². The molecule has 0 unspecified atom stereocenters. The van der Waals surface area contributed by atoms with E-state index in [2.05, 4.69) is 49.4 Å². The van der Waals surface area contributed by atoms with Crippen LogP contribution in [0.5, 0.6) is 0 Å². The van der Waals surface area contributed by atoms with E-state index in [-0.39, 0.29) is 12.8 Å². The maximum absolute atomic E-state index is 13.7. The van der Waals surface area contributed by atoms with Crippen molar-refractivity contribution in [1.82, 2.24) is 9.97 Å². The van der Waals surface area contributed by atoms with Crippen molar-refractivity contribution in [3.63, 3.8) is 0 Å². The Morgan fingerprint density at radius 2 is 1.59 bits per heavy atom. The predicted octanol–water partition coefficient (Wildman–Crippen LogP) is 6.30. The lowest BCUT2D eigenvalue weighted by Crippen LogP contribution is -2.39. The van der Waals surface area contributed by atoms with Gasteiger partial charge in [0.1, 0.15) is 12.1 Å². The molecule has 1 aromatic heterocycles. The molecule has 5 nitrogen and oxygen atoms in total. The van der Waals surface area contributed by atoms with Crippen LogP contribution in [0.2, 0.25) is 0 Å². The average molecular weight is 464 g/mol. The third kappa shape index (κ3) is 4.17. The summed E-state index contributed by atoms with van der Waals surface area (Å²) in [4.78, 5) is 13.7. The van der Waals surface area contributed by atoms with Gasteiger partial charge >= 0.3 is 0 Å². The van der Waals surface area contributed by atoms with Gasteiger partial charge in [0.15, 0.2) is 0 Å². The summed E-state index contributed by atoms with van der Waals surface area (Å²) in [6, 6.07) is 12.5. The number of nitrogens with one attached hydrogen (secondary N) is 1. The van der Waals surface area contributed by atoms with E-state index < -0.39 is 5.92 Å². The molecule has 0 radical (unpaired) electrons. The van der Waals surface area contributed by atoms with Crippen molar-refractivity contribution in [2.24, 2.45) is 5.41 Å². The number of fused-ring (bicyclic) bond motifs is 1. The number of piperidine rings is 2. The van der Waals surface area contributed by atoms with E-state index >= 15 is 0 Å². The maximum atomic E-state index is 13.7. The van der Waals surface area contributed by atoms with Crippen LogP contribution in [0.25, 0.3) is 10.9 Å². The number of anilines is 4. The molecule has 3 fully saturated rings. The van der Waals surface area contributed by atoms with Crippen molar-refractivity contribution in [1.29, 1.82) is 0 Å². The van der Waals surface area contributed by atoms with Crippen LogP contribution in [0, 0.1) is 12.3 Å². The molecule has 3 aliphatic rings. The van der Waals surface area contributed by atoms with Crippen LogP contribution >= 0.6 is 0 Å². The van der Waals surface area contributed by atoms with Gasteiger partial charge in [-0.05, 0) is 73.9 Å². The molecular formula is C27H31F2N5. The largest absolute Gasteiger partial charge is 0.371 e. The quantitative estimate of drug-likeness (QED) is 0.492. The summed E-state index contributed by atoms with van der Waals surface area (Å²) < 4.78 is 27.3. The van der Waals surface area contributed by atoms with E-state index in [0.29, 0.717) is 18.5 Å². The molecule has 2 saturated heterocycles. The molecule has 0 atom stereocenters. The number of halogens is 2. The molecule has 2 aliphatic heterocycles. The second kappa shape index (κ2) is 8.07. The number of aryl methyl sites for hydroxylation is 1. The van der Waals surface area contributed by atoms with Crippen molar-refractivity contribution in [2.75, 3.05) is 41.3 Å². The molecular weight excluding hydrogens is 432 g/mol. The SMILES string of the molecule is Cc1cc(Nc2ncnc3cccc(N4CCC5(CC4)CC5)c23)cc(N2CCC(F)(F)CC2)c1. The summed E-state index contributed by atoms with van der Waals surface area (Å²) in [6.07, 6.45) is 6.70. The minimum atomic E-state index is -2.55. The van der Waals surface area contributed by atoms with Crippen molar-refractivity contribution < 1.29 is 8.78 Å². The fraction of sp³-hybridized carbons (Fsp3) is 0.481. The Kier molecular flexibility index (Phi) is 5.12.